The Bertz CT molecular complexity index is 851. The Labute approximate surface area is 209 Å². The van der Waals surface area contributed by atoms with Crippen LogP contribution in [0.4, 0.5) is 0 Å². The van der Waals surface area contributed by atoms with Crippen LogP contribution in [0.15, 0.2) is 53.5 Å². The normalized spacial score (nSPS) is 19.5. The summed E-state index contributed by atoms with van der Waals surface area (Å²) in [6.45, 7) is 7.53. The molecule has 0 saturated carbocycles. The molecule has 0 aromatic heterocycles. The molecule has 2 heterocycles. The van der Waals surface area contributed by atoms with Crippen molar-refractivity contribution >= 4 is 29.9 Å². The molecule has 2 fully saturated rings. The fourth-order valence-corrected chi connectivity index (χ4v) is 4.39. The minimum Gasteiger partial charge on any atom is -0.497 e. The minimum atomic E-state index is 0. The number of aliphatic imine (C=N–C) groups is 1. The second-order valence-corrected chi connectivity index (χ2v) is 8.31. The van der Waals surface area contributed by atoms with Crippen LogP contribution >= 0.6 is 24.0 Å². The SMILES string of the molecule is CN=C(NCc1ccc(CN2CCOCC2)cc1)N1CCC(c2ccc(OC)cc2)C1.I. The maximum absolute atomic E-state index is 5.43. The maximum atomic E-state index is 5.43. The number of hydrogen-bond acceptors (Lipinski definition) is 4. The second kappa shape index (κ2) is 12.4. The van der Waals surface area contributed by atoms with E-state index in [1.807, 2.05) is 19.2 Å². The van der Waals surface area contributed by atoms with E-state index in [0.29, 0.717) is 5.92 Å². The van der Waals surface area contributed by atoms with Crippen LogP contribution in [0.5, 0.6) is 5.75 Å². The number of morpholine rings is 1. The number of guanidine groups is 1. The Morgan fingerprint density at radius 3 is 2.38 bits per heavy atom. The summed E-state index contributed by atoms with van der Waals surface area (Å²) in [6, 6.07) is 17.4. The van der Waals surface area contributed by atoms with E-state index in [2.05, 4.69) is 56.5 Å². The van der Waals surface area contributed by atoms with Gasteiger partial charge in [-0.1, -0.05) is 36.4 Å². The first-order valence-electron chi connectivity index (χ1n) is 11.2. The monoisotopic (exact) mass is 550 g/mol. The van der Waals surface area contributed by atoms with Gasteiger partial charge in [0.25, 0.3) is 0 Å². The van der Waals surface area contributed by atoms with Crippen molar-refractivity contribution in [2.45, 2.75) is 25.4 Å². The van der Waals surface area contributed by atoms with Crippen LogP contribution in [-0.4, -0.2) is 69.3 Å². The molecular weight excluding hydrogens is 515 g/mol. The van der Waals surface area contributed by atoms with Crippen molar-refractivity contribution in [3.05, 3.63) is 65.2 Å². The lowest BCUT2D eigenvalue weighted by molar-refractivity contribution is 0.0342. The molecule has 1 N–H and O–H groups in total. The molecule has 2 aromatic rings. The van der Waals surface area contributed by atoms with Crippen LogP contribution in [0.3, 0.4) is 0 Å². The van der Waals surface area contributed by atoms with Crippen LogP contribution < -0.4 is 10.1 Å². The highest BCUT2D eigenvalue weighted by Gasteiger charge is 2.26. The third-order valence-corrected chi connectivity index (χ3v) is 6.27. The van der Waals surface area contributed by atoms with E-state index in [1.165, 1.54) is 16.7 Å². The molecule has 1 unspecified atom stereocenters. The Kier molecular flexibility index (Phi) is 9.62. The predicted molar refractivity (Wildman–Crippen MR) is 140 cm³/mol. The van der Waals surface area contributed by atoms with Gasteiger partial charge in [-0.3, -0.25) is 9.89 Å². The van der Waals surface area contributed by atoms with Crippen molar-refractivity contribution in [1.82, 2.24) is 15.1 Å². The summed E-state index contributed by atoms with van der Waals surface area (Å²) in [6.07, 6.45) is 1.14. The largest absolute Gasteiger partial charge is 0.497 e. The molecule has 0 aliphatic carbocycles. The van der Waals surface area contributed by atoms with Gasteiger partial charge < -0.3 is 19.7 Å². The molecule has 0 bridgehead atoms. The summed E-state index contributed by atoms with van der Waals surface area (Å²) in [5, 5.41) is 3.55. The quantitative estimate of drug-likeness (QED) is 0.338. The summed E-state index contributed by atoms with van der Waals surface area (Å²) in [5.74, 6) is 2.42. The number of likely N-dealkylation sites (tertiary alicyclic amines) is 1. The molecule has 2 saturated heterocycles. The molecule has 0 spiro atoms. The lowest BCUT2D eigenvalue weighted by Crippen LogP contribution is -2.39. The van der Waals surface area contributed by atoms with E-state index in [1.54, 1.807) is 7.11 Å². The standard InChI is InChI=1S/C25H34N4O2.HI/c1-26-25(29-12-11-23(19-29)22-7-9-24(30-2)10-8-22)27-17-20-3-5-21(6-4-20)18-28-13-15-31-16-14-28;/h3-10,23H,11-19H2,1-2H3,(H,26,27);1H. The number of nitrogens with one attached hydrogen (secondary N) is 1. The lowest BCUT2D eigenvalue weighted by Gasteiger charge is -2.26. The summed E-state index contributed by atoms with van der Waals surface area (Å²) < 4.78 is 10.7. The van der Waals surface area contributed by atoms with E-state index in [4.69, 9.17) is 9.47 Å². The van der Waals surface area contributed by atoms with Gasteiger partial charge in [-0.05, 0) is 35.2 Å². The first-order chi connectivity index (χ1) is 15.2. The van der Waals surface area contributed by atoms with Crippen molar-refractivity contribution in [1.29, 1.82) is 0 Å². The van der Waals surface area contributed by atoms with Gasteiger partial charge in [0.2, 0.25) is 0 Å². The van der Waals surface area contributed by atoms with Crippen molar-refractivity contribution in [3.8, 4) is 5.75 Å². The highest BCUT2D eigenvalue weighted by molar-refractivity contribution is 14.0. The topological polar surface area (TPSA) is 49.3 Å². The lowest BCUT2D eigenvalue weighted by atomic mass is 9.98. The van der Waals surface area contributed by atoms with Gasteiger partial charge in [0, 0.05) is 52.2 Å². The third kappa shape index (κ3) is 6.59. The number of hydrogen-bond donors (Lipinski definition) is 1. The second-order valence-electron chi connectivity index (χ2n) is 8.31. The van der Waals surface area contributed by atoms with E-state index < -0.39 is 0 Å². The van der Waals surface area contributed by atoms with E-state index in [-0.39, 0.29) is 24.0 Å². The number of ether oxygens (including phenoxy) is 2. The number of benzene rings is 2. The zero-order chi connectivity index (χ0) is 21.5. The van der Waals surface area contributed by atoms with Gasteiger partial charge in [-0.15, -0.1) is 24.0 Å². The summed E-state index contributed by atoms with van der Waals surface area (Å²) in [5.41, 5.74) is 4.00. The summed E-state index contributed by atoms with van der Waals surface area (Å²) in [4.78, 5) is 9.34. The number of methoxy groups -OCH3 is 1. The molecule has 0 amide bonds. The van der Waals surface area contributed by atoms with Gasteiger partial charge in [0.05, 0.1) is 20.3 Å². The Morgan fingerprint density at radius 1 is 1.03 bits per heavy atom. The van der Waals surface area contributed by atoms with Crippen molar-refractivity contribution in [2.24, 2.45) is 4.99 Å². The molecule has 32 heavy (non-hydrogen) atoms. The summed E-state index contributed by atoms with van der Waals surface area (Å²) >= 11 is 0. The third-order valence-electron chi connectivity index (χ3n) is 6.27. The van der Waals surface area contributed by atoms with Crippen LogP contribution in [0.1, 0.15) is 29.0 Å². The van der Waals surface area contributed by atoms with Crippen molar-refractivity contribution < 1.29 is 9.47 Å². The molecule has 6 nitrogen and oxygen atoms in total. The van der Waals surface area contributed by atoms with Crippen LogP contribution in [-0.2, 0) is 17.8 Å². The Balaban J connectivity index is 0.00000289. The zero-order valence-electron chi connectivity index (χ0n) is 19.1. The fraction of sp³-hybridized carbons (Fsp3) is 0.480. The zero-order valence-corrected chi connectivity index (χ0v) is 21.5. The Hall–Kier alpha value is -1.84. The van der Waals surface area contributed by atoms with Gasteiger partial charge >= 0.3 is 0 Å². The fourth-order valence-electron chi connectivity index (χ4n) is 4.39. The molecule has 4 rings (SSSR count). The van der Waals surface area contributed by atoms with E-state index in [0.717, 1.165) is 70.6 Å². The molecule has 2 aliphatic rings. The van der Waals surface area contributed by atoms with Crippen LogP contribution in [0.25, 0.3) is 0 Å². The average molecular weight is 550 g/mol. The molecular formula is C25H35IN4O2. The smallest absolute Gasteiger partial charge is 0.193 e. The van der Waals surface area contributed by atoms with Gasteiger partial charge in [0.15, 0.2) is 5.96 Å². The van der Waals surface area contributed by atoms with E-state index >= 15 is 0 Å². The van der Waals surface area contributed by atoms with E-state index in [9.17, 15) is 0 Å². The molecule has 1 atom stereocenters. The van der Waals surface area contributed by atoms with Crippen LogP contribution in [0.2, 0.25) is 0 Å². The maximum Gasteiger partial charge on any atom is 0.193 e. The van der Waals surface area contributed by atoms with Gasteiger partial charge in [-0.25, -0.2) is 0 Å². The number of rotatable bonds is 6. The van der Waals surface area contributed by atoms with Crippen LogP contribution in [0, 0.1) is 0 Å². The van der Waals surface area contributed by atoms with Crippen molar-refractivity contribution in [2.75, 3.05) is 53.6 Å². The van der Waals surface area contributed by atoms with Gasteiger partial charge in [0.1, 0.15) is 5.75 Å². The molecule has 2 aromatic carbocycles. The van der Waals surface area contributed by atoms with Gasteiger partial charge in [-0.2, -0.15) is 0 Å². The Morgan fingerprint density at radius 2 is 1.72 bits per heavy atom. The highest BCUT2D eigenvalue weighted by Crippen LogP contribution is 2.28. The minimum absolute atomic E-state index is 0. The summed E-state index contributed by atoms with van der Waals surface area (Å²) in [7, 11) is 3.58. The first kappa shape index (κ1) is 24.8. The number of halogens is 1. The molecule has 174 valence electrons. The molecule has 0 radical (unpaired) electrons. The van der Waals surface area contributed by atoms with Crippen molar-refractivity contribution in [3.63, 3.8) is 0 Å². The predicted octanol–water partition coefficient (Wildman–Crippen LogP) is 3.71. The molecule has 7 heteroatoms. The highest BCUT2D eigenvalue weighted by atomic mass is 127. The first-order valence-corrected chi connectivity index (χ1v) is 11.2. The number of nitrogens with zero attached hydrogens (tertiary/aromatic N) is 3. The average Bonchev–Trinajstić information content (AvgIpc) is 3.31. The molecule has 2 aliphatic heterocycles.